The van der Waals surface area contributed by atoms with Gasteiger partial charge in [0.05, 0.1) is 24.6 Å². The highest BCUT2D eigenvalue weighted by atomic mass is 16.5. The van der Waals surface area contributed by atoms with Crippen molar-refractivity contribution >= 4 is 11.6 Å². The summed E-state index contributed by atoms with van der Waals surface area (Å²) in [7, 11) is 1.75. The SMILES string of the molecule is CCC[N+]1=C(OC)C=C(c2ccccc2)n2cccc2C1. The van der Waals surface area contributed by atoms with E-state index in [2.05, 4.69) is 64.7 Å². The first kappa shape index (κ1) is 13.7. The lowest BCUT2D eigenvalue weighted by molar-refractivity contribution is -0.551. The number of nitrogens with zero attached hydrogens (tertiary/aromatic N) is 2. The van der Waals surface area contributed by atoms with Crippen LogP contribution in [0.15, 0.2) is 54.7 Å². The predicted octanol–water partition coefficient (Wildman–Crippen LogP) is 3.36. The smallest absolute Gasteiger partial charge is 0.364 e. The van der Waals surface area contributed by atoms with Crippen molar-refractivity contribution in [1.29, 1.82) is 0 Å². The summed E-state index contributed by atoms with van der Waals surface area (Å²) in [6.45, 7) is 4.06. The van der Waals surface area contributed by atoms with Crippen molar-refractivity contribution in [3.8, 4) is 0 Å². The lowest BCUT2D eigenvalue weighted by Gasteiger charge is -2.09. The first-order chi connectivity index (χ1) is 10.3. The monoisotopic (exact) mass is 281 g/mol. The molecule has 1 aromatic carbocycles. The van der Waals surface area contributed by atoms with E-state index >= 15 is 0 Å². The van der Waals surface area contributed by atoms with E-state index in [1.165, 1.54) is 11.3 Å². The van der Waals surface area contributed by atoms with Gasteiger partial charge in [0.2, 0.25) is 0 Å². The molecule has 0 fully saturated rings. The summed E-state index contributed by atoms with van der Waals surface area (Å²) in [5, 5.41) is 0. The van der Waals surface area contributed by atoms with Crippen LogP contribution in [-0.2, 0) is 11.3 Å². The third-order valence-electron chi connectivity index (χ3n) is 3.79. The average molecular weight is 281 g/mol. The van der Waals surface area contributed by atoms with Gasteiger partial charge in [-0.3, -0.25) is 0 Å². The second-order valence-corrected chi connectivity index (χ2v) is 5.23. The molecule has 0 N–H and O–H groups in total. The van der Waals surface area contributed by atoms with Crippen molar-refractivity contribution in [1.82, 2.24) is 4.57 Å². The quantitative estimate of drug-likeness (QED) is 0.789. The molecule has 0 spiro atoms. The third-order valence-corrected chi connectivity index (χ3v) is 3.79. The second-order valence-electron chi connectivity index (χ2n) is 5.23. The Balaban J connectivity index is 2.16. The Hall–Kier alpha value is -2.29. The van der Waals surface area contributed by atoms with E-state index in [1.54, 1.807) is 7.11 Å². The van der Waals surface area contributed by atoms with E-state index in [0.717, 1.165) is 31.1 Å². The number of methoxy groups -OCH3 is 1. The Bertz CT molecular complexity index is 680. The van der Waals surface area contributed by atoms with Gasteiger partial charge in [0.1, 0.15) is 6.54 Å². The number of hydrogen-bond donors (Lipinski definition) is 0. The molecule has 0 aliphatic carbocycles. The number of rotatable bonds is 3. The van der Waals surface area contributed by atoms with Crippen molar-refractivity contribution in [2.75, 3.05) is 13.7 Å². The van der Waals surface area contributed by atoms with Crippen molar-refractivity contribution in [3.05, 3.63) is 66.0 Å². The van der Waals surface area contributed by atoms with Crippen LogP contribution in [-0.4, -0.2) is 28.7 Å². The van der Waals surface area contributed by atoms with E-state index in [0.29, 0.717) is 0 Å². The molecule has 3 rings (SSSR count). The van der Waals surface area contributed by atoms with E-state index in [9.17, 15) is 0 Å². The molecule has 0 unspecified atom stereocenters. The maximum absolute atomic E-state index is 5.64. The highest BCUT2D eigenvalue weighted by Gasteiger charge is 2.22. The number of aromatic nitrogens is 1. The molecule has 3 nitrogen and oxygen atoms in total. The highest BCUT2D eigenvalue weighted by Crippen LogP contribution is 2.23. The van der Waals surface area contributed by atoms with Crippen LogP contribution in [0.25, 0.3) is 5.70 Å². The lowest BCUT2D eigenvalue weighted by Crippen LogP contribution is -2.21. The molecule has 3 heteroatoms. The average Bonchev–Trinajstić information content (AvgIpc) is 2.91. The maximum atomic E-state index is 5.64. The van der Waals surface area contributed by atoms with Gasteiger partial charge in [-0.25, -0.2) is 0 Å². The minimum Gasteiger partial charge on any atom is -0.448 e. The van der Waals surface area contributed by atoms with Crippen molar-refractivity contribution in [2.45, 2.75) is 19.9 Å². The van der Waals surface area contributed by atoms with Crippen molar-refractivity contribution in [3.63, 3.8) is 0 Å². The van der Waals surface area contributed by atoms with Crippen molar-refractivity contribution in [2.24, 2.45) is 0 Å². The van der Waals surface area contributed by atoms with Crippen LogP contribution in [0, 0.1) is 0 Å². The fourth-order valence-corrected chi connectivity index (χ4v) is 2.81. The van der Waals surface area contributed by atoms with Crippen LogP contribution in [0.5, 0.6) is 0 Å². The summed E-state index contributed by atoms with van der Waals surface area (Å²) in [5.74, 6) is 0.930. The van der Waals surface area contributed by atoms with Gasteiger partial charge in [0, 0.05) is 12.6 Å². The first-order valence-corrected chi connectivity index (χ1v) is 7.43. The Morgan fingerprint density at radius 2 is 1.95 bits per heavy atom. The molecular formula is C18H21N2O+. The number of ether oxygens (including phenoxy) is 1. The molecule has 0 atom stereocenters. The minimum atomic E-state index is 0.872. The van der Waals surface area contributed by atoms with Crippen LogP contribution in [0.3, 0.4) is 0 Å². The first-order valence-electron chi connectivity index (χ1n) is 7.43. The van der Waals surface area contributed by atoms with Gasteiger partial charge in [-0.2, -0.15) is 4.58 Å². The molecule has 1 aliphatic heterocycles. The molecular weight excluding hydrogens is 260 g/mol. The van der Waals surface area contributed by atoms with E-state index < -0.39 is 0 Å². The van der Waals surface area contributed by atoms with Gasteiger partial charge < -0.3 is 9.30 Å². The van der Waals surface area contributed by atoms with Crippen molar-refractivity contribution < 1.29 is 9.31 Å². The number of fused-ring (bicyclic) bond motifs is 1. The molecule has 1 aromatic heterocycles. The Kier molecular flexibility index (Phi) is 3.91. The van der Waals surface area contributed by atoms with E-state index in [1.807, 2.05) is 6.07 Å². The van der Waals surface area contributed by atoms with Gasteiger partial charge in [-0.1, -0.05) is 37.3 Å². The van der Waals surface area contributed by atoms with E-state index in [-0.39, 0.29) is 0 Å². The zero-order valence-electron chi connectivity index (χ0n) is 12.6. The van der Waals surface area contributed by atoms with Crippen LogP contribution in [0.4, 0.5) is 0 Å². The standard InChI is InChI=1S/C18H21N2O/c1-3-11-19-14-16-10-7-12-20(16)17(13-18(19)21-2)15-8-5-4-6-9-15/h4-10,12-13H,3,11,14H2,1-2H3/q+1. The molecule has 0 amide bonds. The summed E-state index contributed by atoms with van der Waals surface area (Å²) in [6.07, 6.45) is 5.36. The Morgan fingerprint density at radius 3 is 2.67 bits per heavy atom. The third kappa shape index (κ3) is 2.64. The lowest BCUT2D eigenvalue weighted by atomic mass is 10.1. The van der Waals surface area contributed by atoms with E-state index in [4.69, 9.17) is 4.74 Å². The molecule has 1 aliphatic rings. The zero-order chi connectivity index (χ0) is 14.7. The van der Waals surface area contributed by atoms with Gasteiger partial charge in [-0.05, 0) is 17.7 Å². The second kappa shape index (κ2) is 6.00. The van der Waals surface area contributed by atoms with Gasteiger partial charge in [-0.15, -0.1) is 0 Å². The van der Waals surface area contributed by atoms with Crippen LogP contribution < -0.4 is 0 Å². The molecule has 2 heterocycles. The maximum Gasteiger partial charge on any atom is 0.364 e. The van der Waals surface area contributed by atoms with Crippen LogP contribution in [0.2, 0.25) is 0 Å². The molecule has 21 heavy (non-hydrogen) atoms. The molecule has 0 saturated heterocycles. The predicted molar refractivity (Wildman–Crippen MR) is 85.4 cm³/mol. The summed E-state index contributed by atoms with van der Waals surface area (Å²) >= 11 is 0. The minimum absolute atomic E-state index is 0.872. The normalized spacial score (nSPS) is 14.5. The highest BCUT2D eigenvalue weighted by molar-refractivity contribution is 5.92. The molecule has 2 aromatic rings. The summed E-state index contributed by atoms with van der Waals surface area (Å²) in [6, 6.07) is 14.7. The largest absolute Gasteiger partial charge is 0.448 e. The number of benzene rings is 1. The molecule has 108 valence electrons. The summed E-state index contributed by atoms with van der Waals surface area (Å²) in [5.41, 5.74) is 3.64. The van der Waals surface area contributed by atoms with Gasteiger partial charge in [0.25, 0.3) is 0 Å². The topological polar surface area (TPSA) is 17.2 Å². The van der Waals surface area contributed by atoms with Gasteiger partial charge in [0.15, 0.2) is 6.54 Å². The number of hydrogen-bond acceptors (Lipinski definition) is 1. The van der Waals surface area contributed by atoms with Crippen LogP contribution >= 0.6 is 0 Å². The Morgan fingerprint density at radius 1 is 1.14 bits per heavy atom. The Labute approximate surface area is 125 Å². The van der Waals surface area contributed by atoms with Gasteiger partial charge >= 0.3 is 5.90 Å². The zero-order valence-corrected chi connectivity index (χ0v) is 12.6. The van der Waals surface area contributed by atoms with Crippen LogP contribution in [0.1, 0.15) is 24.6 Å². The summed E-state index contributed by atoms with van der Waals surface area (Å²) in [4.78, 5) is 0. The molecule has 0 saturated carbocycles. The molecule has 0 radical (unpaired) electrons. The molecule has 0 bridgehead atoms. The fourth-order valence-electron chi connectivity index (χ4n) is 2.81. The summed E-state index contributed by atoms with van der Waals surface area (Å²) < 4.78 is 10.2. The fraction of sp³-hybridized carbons (Fsp3) is 0.278.